The molecule has 0 amide bonds. The summed E-state index contributed by atoms with van der Waals surface area (Å²) in [6.07, 6.45) is 11.4. The van der Waals surface area contributed by atoms with Crippen molar-refractivity contribution in [2.45, 2.75) is 79.1 Å². The zero-order valence-corrected chi connectivity index (χ0v) is 24.9. The Morgan fingerprint density at radius 2 is 0.744 bits per heavy atom. The van der Waals surface area contributed by atoms with Crippen LogP contribution in [0.15, 0.2) is 72.8 Å². The number of unbranched alkanes of at least 4 members (excludes halogenated alkanes) is 4. The first-order valence-corrected chi connectivity index (χ1v) is 15.3. The molecule has 39 heavy (non-hydrogen) atoms. The highest BCUT2D eigenvalue weighted by Crippen LogP contribution is 2.36. The third kappa shape index (κ3) is 8.92. The summed E-state index contributed by atoms with van der Waals surface area (Å²) in [6, 6.07) is 26.7. The summed E-state index contributed by atoms with van der Waals surface area (Å²) in [5.41, 5.74) is 7.10. The highest BCUT2D eigenvalue weighted by atomic mass is 15.2. The van der Waals surface area contributed by atoms with E-state index in [0.717, 1.165) is 48.8 Å². The predicted octanol–water partition coefficient (Wildman–Crippen LogP) is 10.4. The molecule has 3 aromatic rings. The summed E-state index contributed by atoms with van der Waals surface area (Å²) in [4.78, 5) is 7.44. The van der Waals surface area contributed by atoms with Crippen molar-refractivity contribution in [3.63, 3.8) is 0 Å². The standard InChI is InChI=1S/C36H50N3/c1-6-11-27-37(28-12-7-2)32-19-23-35(24-20-32)39(34-17-15-31(10-5)16-18-34)36-25-21-33(22-26-36)38(29-13-8-3)30-14-9-4/h5,10,15-26H,6-9,11-14,27-30H2,1-4H3. The van der Waals surface area contributed by atoms with Crippen LogP contribution in [0.5, 0.6) is 0 Å². The van der Waals surface area contributed by atoms with Gasteiger partial charge in [-0.15, -0.1) is 0 Å². The lowest BCUT2D eigenvalue weighted by atomic mass is 10.1. The Morgan fingerprint density at radius 3 is 1.03 bits per heavy atom. The SMILES string of the molecule is [CH]=Cc1ccc(N(c2ccc(N(CCCC)CCCC)cc2)c2ccc(N(CCCC)CCCC)cc2)cc1. The van der Waals surface area contributed by atoms with Crippen molar-refractivity contribution in [2.24, 2.45) is 0 Å². The van der Waals surface area contributed by atoms with Crippen LogP contribution in [-0.2, 0) is 0 Å². The average molecular weight is 525 g/mol. The van der Waals surface area contributed by atoms with Crippen LogP contribution < -0.4 is 14.7 Å². The molecule has 0 bridgehead atoms. The van der Waals surface area contributed by atoms with Crippen LogP contribution in [-0.4, -0.2) is 26.2 Å². The van der Waals surface area contributed by atoms with Gasteiger partial charge in [0.25, 0.3) is 0 Å². The molecule has 3 aromatic carbocycles. The molecule has 0 spiro atoms. The monoisotopic (exact) mass is 524 g/mol. The molecule has 0 saturated heterocycles. The van der Waals surface area contributed by atoms with Crippen molar-refractivity contribution < 1.29 is 0 Å². The van der Waals surface area contributed by atoms with Gasteiger partial charge in [0.2, 0.25) is 0 Å². The van der Waals surface area contributed by atoms with Crippen LogP contribution in [0.1, 0.15) is 84.6 Å². The minimum atomic E-state index is 1.02. The van der Waals surface area contributed by atoms with Gasteiger partial charge in [-0.2, -0.15) is 0 Å². The van der Waals surface area contributed by atoms with Gasteiger partial charge in [-0.25, -0.2) is 0 Å². The third-order valence-electron chi connectivity index (χ3n) is 7.42. The van der Waals surface area contributed by atoms with Gasteiger partial charge in [0.15, 0.2) is 0 Å². The van der Waals surface area contributed by atoms with Crippen LogP contribution in [0.4, 0.5) is 28.4 Å². The molecule has 3 heteroatoms. The van der Waals surface area contributed by atoms with Crippen molar-refractivity contribution in [1.29, 1.82) is 0 Å². The number of hydrogen-bond donors (Lipinski definition) is 0. The molecule has 0 aliphatic rings. The summed E-state index contributed by atoms with van der Waals surface area (Å²) >= 11 is 0. The molecule has 0 atom stereocenters. The molecule has 3 rings (SSSR count). The van der Waals surface area contributed by atoms with Crippen LogP contribution in [0.2, 0.25) is 0 Å². The largest absolute Gasteiger partial charge is 0.372 e. The summed E-state index contributed by atoms with van der Waals surface area (Å²) in [5, 5.41) is 0. The van der Waals surface area contributed by atoms with Gasteiger partial charge in [0.05, 0.1) is 0 Å². The number of benzene rings is 3. The maximum atomic E-state index is 5.78. The number of nitrogens with zero attached hydrogens (tertiary/aromatic N) is 3. The van der Waals surface area contributed by atoms with Crippen LogP contribution in [0.25, 0.3) is 6.08 Å². The summed E-state index contributed by atoms with van der Waals surface area (Å²) in [5.74, 6) is 0. The fourth-order valence-electron chi connectivity index (χ4n) is 4.94. The van der Waals surface area contributed by atoms with Gasteiger partial charge in [-0.05, 0) is 91.9 Å². The van der Waals surface area contributed by atoms with Gasteiger partial charge < -0.3 is 14.7 Å². The quantitative estimate of drug-likeness (QED) is 0.164. The number of hydrogen-bond acceptors (Lipinski definition) is 3. The Bertz CT molecular complexity index is 990. The Balaban J connectivity index is 1.94. The molecule has 1 radical (unpaired) electrons. The van der Waals surface area contributed by atoms with Gasteiger partial charge in [-0.3, -0.25) is 0 Å². The van der Waals surface area contributed by atoms with E-state index in [1.54, 1.807) is 6.08 Å². The topological polar surface area (TPSA) is 9.72 Å². The second kappa shape index (κ2) is 16.7. The molecular formula is C36H50N3. The molecule has 0 aliphatic heterocycles. The Morgan fingerprint density at radius 1 is 0.462 bits per heavy atom. The third-order valence-corrected chi connectivity index (χ3v) is 7.42. The summed E-state index contributed by atoms with van der Waals surface area (Å²) in [6.45, 7) is 19.3. The molecule has 3 nitrogen and oxygen atoms in total. The maximum Gasteiger partial charge on any atom is 0.0463 e. The predicted molar refractivity (Wildman–Crippen MR) is 174 cm³/mol. The van der Waals surface area contributed by atoms with Gasteiger partial charge in [0.1, 0.15) is 0 Å². The zero-order chi connectivity index (χ0) is 27.9. The minimum absolute atomic E-state index is 1.02. The van der Waals surface area contributed by atoms with Gasteiger partial charge in [-0.1, -0.05) is 78.2 Å². The van der Waals surface area contributed by atoms with E-state index in [-0.39, 0.29) is 0 Å². The molecule has 209 valence electrons. The highest BCUT2D eigenvalue weighted by molar-refractivity contribution is 5.78. The molecule has 0 heterocycles. The van der Waals surface area contributed by atoms with E-state index in [2.05, 4.69) is 115 Å². The van der Waals surface area contributed by atoms with Crippen LogP contribution in [0, 0.1) is 6.58 Å². The fraction of sp³-hybridized carbons (Fsp3) is 0.444. The first kappa shape index (κ1) is 30.3. The highest BCUT2D eigenvalue weighted by Gasteiger charge is 2.15. The van der Waals surface area contributed by atoms with E-state index < -0.39 is 0 Å². The van der Waals surface area contributed by atoms with Gasteiger partial charge in [0, 0.05) is 54.6 Å². The summed E-state index contributed by atoms with van der Waals surface area (Å²) < 4.78 is 0. The molecule has 0 fully saturated rings. The van der Waals surface area contributed by atoms with Crippen molar-refractivity contribution in [2.75, 3.05) is 40.9 Å². The normalized spacial score (nSPS) is 10.9. The molecule has 0 N–H and O–H groups in total. The summed E-state index contributed by atoms with van der Waals surface area (Å²) in [7, 11) is 0. The Labute approximate surface area is 239 Å². The fourth-order valence-corrected chi connectivity index (χ4v) is 4.94. The molecular weight excluding hydrogens is 474 g/mol. The van der Waals surface area contributed by atoms with Gasteiger partial charge >= 0.3 is 0 Å². The van der Waals surface area contributed by atoms with Crippen molar-refractivity contribution >= 4 is 34.5 Å². The maximum absolute atomic E-state index is 5.78. The first-order chi connectivity index (χ1) is 19.1. The molecule has 0 saturated carbocycles. The van der Waals surface area contributed by atoms with Crippen LogP contribution in [0.3, 0.4) is 0 Å². The lowest BCUT2D eigenvalue weighted by Crippen LogP contribution is -2.25. The second-order valence-corrected chi connectivity index (χ2v) is 10.5. The van der Waals surface area contributed by atoms with Crippen molar-refractivity contribution in [3.8, 4) is 0 Å². The Hall–Kier alpha value is -3.20. The molecule has 0 aromatic heterocycles. The van der Waals surface area contributed by atoms with Crippen molar-refractivity contribution in [1.82, 2.24) is 0 Å². The zero-order valence-electron chi connectivity index (χ0n) is 24.9. The second-order valence-electron chi connectivity index (χ2n) is 10.5. The molecule has 0 aliphatic carbocycles. The van der Waals surface area contributed by atoms with E-state index >= 15 is 0 Å². The smallest absolute Gasteiger partial charge is 0.0463 e. The van der Waals surface area contributed by atoms with E-state index in [4.69, 9.17) is 6.58 Å². The number of anilines is 5. The van der Waals surface area contributed by atoms with Crippen LogP contribution >= 0.6 is 0 Å². The van der Waals surface area contributed by atoms with Crippen molar-refractivity contribution in [3.05, 3.63) is 84.9 Å². The van der Waals surface area contributed by atoms with E-state index in [9.17, 15) is 0 Å². The average Bonchev–Trinajstić information content (AvgIpc) is 2.99. The lowest BCUT2D eigenvalue weighted by Gasteiger charge is -2.29. The first-order valence-electron chi connectivity index (χ1n) is 15.3. The molecule has 0 unspecified atom stereocenters. The Kier molecular flexibility index (Phi) is 13.0. The number of rotatable bonds is 18. The minimum Gasteiger partial charge on any atom is -0.372 e. The lowest BCUT2D eigenvalue weighted by molar-refractivity contribution is 0.678. The van der Waals surface area contributed by atoms with E-state index in [1.165, 1.54) is 62.7 Å². The van der Waals surface area contributed by atoms with E-state index in [0.29, 0.717) is 0 Å². The van der Waals surface area contributed by atoms with E-state index in [1.807, 2.05) is 0 Å².